The number of nitrogens with zero attached hydrogens (tertiary/aromatic N) is 1. The van der Waals surface area contributed by atoms with Crippen molar-refractivity contribution >= 4 is 5.91 Å². The summed E-state index contributed by atoms with van der Waals surface area (Å²) >= 11 is 0. The third-order valence-corrected chi connectivity index (χ3v) is 1.99. The van der Waals surface area contributed by atoms with Crippen molar-refractivity contribution in [3.63, 3.8) is 0 Å². The fraction of sp³-hybridized carbons (Fsp3) is 0.875. The summed E-state index contributed by atoms with van der Waals surface area (Å²) in [7, 11) is 0. The summed E-state index contributed by atoms with van der Waals surface area (Å²) in [5.41, 5.74) is 0. The van der Waals surface area contributed by atoms with Crippen molar-refractivity contribution in [2.45, 2.75) is 25.7 Å². The largest absolute Gasteiger partial charge is 0.343 e. The zero-order chi connectivity index (χ0) is 8.10. The average molecular weight is 156 g/mol. The van der Waals surface area contributed by atoms with Crippen molar-refractivity contribution in [1.29, 1.82) is 0 Å². The summed E-state index contributed by atoms with van der Waals surface area (Å²) < 4.78 is 0. The Kier molecular flexibility index (Phi) is 3.36. The first kappa shape index (κ1) is 8.53. The Bertz CT molecular complexity index is 136. The van der Waals surface area contributed by atoms with Gasteiger partial charge in [0.15, 0.2) is 0 Å². The van der Waals surface area contributed by atoms with Crippen LogP contribution < -0.4 is 0 Å². The molecule has 3 heteroatoms. The van der Waals surface area contributed by atoms with Crippen molar-refractivity contribution in [2.75, 3.05) is 19.7 Å². The molecule has 1 amide bonds. The Morgan fingerprint density at radius 2 is 2.18 bits per heavy atom. The number of rotatable bonds is 4. The van der Waals surface area contributed by atoms with E-state index in [-0.39, 0.29) is 12.5 Å². The van der Waals surface area contributed by atoms with E-state index in [0.29, 0.717) is 12.8 Å². The zero-order valence-electron chi connectivity index (χ0n) is 6.71. The van der Waals surface area contributed by atoms with Gasteiger partial charge in [0, 0.05) is 19.5 Å². The summed E-state index contributed by atoms with van der Waals surface area (Å²) in [5.74, 6) is 0.260. The van der Waals surface area contributed by atoms with Crippen LogP contribution in [0.25, 0.3) is 0 Å². The molecule has 0 spiro atoms. The van der Waals surface area contributed by atoms with E-state index in [1.807, 2.05) is 4.90 Å². The van der Waals surface area contributed by atoms with E-state index in [2.05, 4.69) is 0 Å². The Balaban J connectivity index is 2.10. The van der Waals surface area contributed by atoms with Crippen LogP contribution in [0.2, 0.25) is 0 Å². The molecule has 0 bridgehead atoms. The molecule has 3 nitrogen and oxygen atoms in total. The van der Waals surface area contributed by atoms with Crippen LogP contribution in [0.3, 0.4) is 0 Å². The van der Waals surface area contributed by atoms with Crippen molar-refractivity contribution in [3.05, 3.63) is 0 Å². The maximum atomic E-state index is 11.0. The predicted molar refractivity (Wildman–Crippen MR) is 40.6 cm³/mol. The number of hydrogen-bond acceptors (Lipinski definition) is 1. The Hall–Kier alpha value is -0.570. The molecule has 0 aromatic heterocycles. The standard InChI is InChI=1S/C8H14NO2/c10-7-2-1-5-9-6-3-4-8(9)11/h1-7H2. The van der Waals surface area contributed by atoms with Gasteiger partial charge in [0.05, 0.1) is 6.61 Å². The molecule has 11 heavy (non-hydrogen) atoms. The Morgan fingerprint density at radius 3 is 2.73 bits per heavy atom. The molecule has 0 N–H and O–H groups in total. The van der Waals surface area contributed by atoms with Gasteiger partial charge in [-0.05, 0) is 19.3 Å². The SMILES string of the molecule is [O]CCCCN1CCCC1=O. The van der Waals surface area contributed by atoms with Gasteiger partial charge < -0.3 is 4.90 Å². The van der Waals surface area contributed by atoms with Gasteiger partial charge in [-0.15, -0.1) is 0 Å². The zero-order valence-corrected chi connectivity index (χ0v) is 6.71. The lowest BCUT2D eigenvalue weighted by Gasteiger charge is -2.13. The predicted octanol–water partition coefficient (Wildman–Crippen LogP) is 0.820. The highest BCUT2D eigenvalue weighted by atomic mass is 16.2. The quantitative estimate of drug-likeness (QED) is 0.555. The van der Waals surface area contributed by atoms with Crippen molar-refractivity contribution in [3.8, 4) is 0 Å². The molecular weight excluding hydrogens is 142 g/mol. The smallest absolute Gasteiger partial charge is 0.222 e. The van der Waals surface area contributed by atoms with Crippen molar-refractivity contribution in [1.82, 2.24) is 4.90 Å². The first-order valence-electron chi connectivity index (χ1n) is 4.20. The van der Waals surface area contributed by atoms with E-state index in [9.17, 15) is 9.90 Å². The van der Waals surface area contributed by atoms with Gasteiger partial charge >= 0.3 is 0 Å². The monoisotopic (exact) mass is 156 g/mol. The summed E-state index contributed by atoms with van der Waals surface area (Å²) in [6.45, 7) is 1.68. The van der Waals surface area contributed by atoms with Gasteiger partial charge in [-0.2, -0.15) is 0 Å². The molecule has 0 atom stereocenters. The first-order chi connectivity index (χ1) is 5.34. The van der Waals surface area contributed by atoms with Crippen LogP contribution in [-0.2, 0) is 9.90 Å². The lowest BCUT2D eigenvalue weighted by Crippen LogP contribution is -2.25. The normalized spacial score (nSPS) is 17.9. The topological polar surface area (TPSA) is 40.2 Å². The summed E-state index contributed by atoms with van der Waals surface area (Å²) in [6.07, 6.45) is 3.27. The Morgan fingerprint density at radius 1 is 1.36 bits per heavy atom. The van der Waals surface area contributed by atoms with Crippen LogP contribution in [0.5, 0.6) is 0 Å². The molecule has 0 unspecified atom stereocenters. The molecule has 0 saturated carbocycles. The highest BCUT2D eigenvalue weighted by Gasteiger charge is 2.18. The second-order valence-electron chi connectivity index (χ2n) is 2.90. The molecule has 1 fully saturated rings. The van der Waals surface area contributed by atoms with Gasteiger partial charge in [-0.25, -0.2) is 5.11 Å². The van der Waals surface area contributed by atoms with Crippen LogP contribution in [0, 0.1) is 0 Å². The Labute approximate surface area is 67.0 Å². The number of amides is 1. The van der Waals surface area contributed by atoms with E-state index in [4.69, 9.17) is 0 Å². The molecule has 1 rings (SSSR count). The maximum absolute atomic E-state index is 11.0. The first-order valence-corrected chi connectivity index (χ1v) is 4.20. The molecular formula is C8H14NO2. The van der Waals surface area contributed by atoms with Crippen LogP contribution in [-0.4, -0.2) is 30.5 Å². The van der Waals surface area contributed by atoms with E-state index < -0.39 is 0 Å². The molecule has 63 valence electrons. The molecule has 1 heterocycles. The van der Waals surface area contributed by atoms with Crippen LogP contribution in [0.1, 0.15) is 25.7 Å². The number of hydrogen-bond donors (Lipinski definition) is 0. The second kappa shape index (κ2) is 4.34. The molecule has 1 saturated heterocycles. The summed E-state index contributed by atoms with van der Waals surface area (Å²) in [6, 6.07) is 0. The van der Waals surface area contributed by atoms with Crippen molar-refractivity contribution in [2.24, 2.45) is 0 Å². The third kappa shape index (κ3) is 2.50. The molecule has 1 aliphatic rings. The maximum Gasteiger partial charge on any atom is 0.222 e. The minimum atomic E-state index is -0.0119. The van der Waals surface area contributed by atoms with E-state index in [0.717, 1.165) is 25.9 Å². The van der Waals surface area contributed by atoms with Gasteiger partial charge in [0.25, 0.3) is 0 Å². The minimum absolute atomic E-state index is 0.0119. The average Bonchev–Trinajstić information content (AvgIpc) is 2.37. The highest BCUT2D eigenvalue weighted by Crippen LogP contribution is 2.09. The number of carbonyl (C=O) groups excluding carboxylic acids is 1. The van der Waals surface area contributed by atoms with E-state index in [1.54, 1.807) is 0 Å². The molecule has 1 radical (unpaired) electrons. The van der Waals surface area contributed by atoms with Gasteiger partial charge in [-0.1, -0.05) is 0 Å². The second-order valence-corrected chi connectivity index (χ2v) is 2.90. The lowest BCUT2D eigenvalue weighted by molar-refractivity contribution is -0.127. The minimum Gasteiger partial charge on any atom is -0.343 e. The van der Waals surface area contributed by atoms with Crippen LogP contribution >= 0.6 is 0 Å². The van der Waals surface area contributed by atoms with Gasteiger partial charge in [0.1, 0.15) is 0 Å². The number of unbranched alkanes of at least 4 members (excludes halogenated alkanes) is 1. The fourth-order valence-electron chi connectivity index (χ4n) is 1.35. The van der Waals surface area contributed by atoms with Crippen LogP contribution in [0.4, 0.5) is 0 Å². The van der Waals surface area contributed by atoms with Crippen molar-refractivity contribution < 1.29 is 9.90 Å². The molecule has 1 aliphatic heterocycles. The third-order valence-electron chi connectivity index (χ3n) is 1.99. The summed E-state index contributed by atoms with van der Waals surface area (Å²) in [5, 5.41) is 10.1. The molecule has 0 aromatic rings. The van der Waals surface area contributed by atoms with E-state index >= 15 is 0 Å². The highest BCUT2D eigenvalue weighted by molar-refractivity contribution is 5.77. The van der Waals surface area contributed by atoms with E-state index in [1.165, 1.54) is 0 Å². The van der Waals surface area contributed by atoms with Crippen LogP contribution in [0.15, 0.2) is 0 Å². The molecule has 0 aliphatic carbocycles. The van der Waals surface area contributed by atoms with Gasteiger partial charge in [-0.3, -0.25) is 4.79 Å². The number of carbonyl (C=O) groups is 1. The fourth-order valence-corrected chi connectivity index (χ4v) is 1.35. The summed E-state index contributed by atoms with van der Waals surface area (Å²) in [4.78, 5) is 12.9. The number of likely N-dealkylation sites (tertiary alicyclic amines) is 1. The molecule has 0 aromatic carbocycles. The lowest BCUT2D eigenvalue weighted by atomic mass is 10.3. The van der Waals surface area contributed by atoms with Gasteiger partial charge in [0.2, 0.25) is 5.91 Å².